The fraction of sp³-hybridized carbons (Fsp3) is 0.750. The molecule has 1 atom stereocenters. The van der Waals surface area contributed by atoms with Gasteiger partial charge in [-0.15, -0.1) is 24.0 Å². The summed E-state index contributed by atoms with van der Waals surface area (Å²) in [6, 6.07) is 0.148. The van der Waals surface area contributed by atoms with Crippen LogP contribution in [0.3, 0.4) is 0 Å². The standard InChI is InChI=1S/C20H36N6O2.HI/c1-8-21-18(22-12-17-14(2)24-25(7)15(17)3)23-16-10-9-11-26(13-16)19(27)28-20(4,5)6;/h16H,8-13H2,1-7H3,(H2,21,22,23);1H. The second-order valence-corrected chi connectivity index (χ2v) is 8.38. The van der Waals surface area contributed by atoms with Gasteiger partial charge in [-0.1, -0.05) is 0 Å². The summed E-state index contributed by atoms with van der Waals surface area (Å²) >= 11 is 0. The van der Waals surface area contributed by atoms with E-state index in [9.17, 15) is 4.79 Å². The summed E-state index contributed by atoms with van der Waals surface area (Å²) in [5, 5.41) is 11.2. The Morgan fingerprint density at radius 3 is 2.59 bits per heavy atom. The molecule has 0 radical (unpaired) electrons. The molecule has 1 aliphatic rings. The van der Waals surface area contributed by atoms with Crippen molar-refractivity contribution in [1.29, 1.82) is 0 Å². The van der Waals surface area contributed by atoms with Crippen LogP contribution in [0.2, 0.25) is 0 Å². The lowest BCUT2D eigenvalue weighted by Gasteiger charge is -2.35. The summed E-state index contributed by atoms with van der Waals surface area (Å²) in [5.74, 6) is 0.765. The molecule has 0 saturated carbocycles. The Labute approximate surface area is 191 Å². The first-order valence-corrected chi connectivity index (χ1v) is 10.1. The van der Waals surface area contributed by atoms with E-state index in [0.717, 1.165) is 48.8 Å². The smallest absolute Gasteiger partial charge is 0.410 e. The van der Waals surface area contributed by atoms with Crippen molar-refractivity contribution in [3.05, 3.63) is 17.0 Å². The SMILES string of the molecule is CCNC(=NCc1c(C)nn(C)c1C)NC1CCCN(C(=O)OC(C)(C)C)C1.I. The van der Waals surface area contributed by atoms with Gasteiger partial charge in [-0.25, -0.2) is 9.79 Å². The molecule has 9 heteroatoms. The maximum atomic E-state index is 12.4. The van der Waals surface area contributed by atoms with E-state index in [2.05, 4.69) is 22.7 Å². The van der Waals surface area contributed by atoms with Crippen LogP contribution in [0.4, 0.5) is 4.79 Å². The number of aliphatic imine (C=N–C) groups is 1. The maximum Gasteiger partial charge on any atom is 0.410 e. The van der Waals surface area contributed by atoms with Gasteiger partial charge in [0.2, 0.25) is 0 Å². The van der Waals surface area contributed by atoms with Crippen molar-refractivity contribution in [3.63, 3.8) is 0 Å². The molecule has 0 aliphatic carbocycles. The van der Waals surface area contributed by atoms with Gasteiger partial charge in [-0.3, -0.25) is 4.68 Å². The number of hydrogen-bond donors (Lipinski definition) is 2. The molecular formula is C20H37IN6O2. The van der Waals surface area contributed by atoms with Gasteiger partial charge in [0.1, 0.15) is 5.60 Å². The van der Waals surface area contributed by atoms with Crippen LogP contribution < -0.4 is 10.6 Å². The van der Waals surface area contributed by atoms with Crippen molar-refractivity contribution >= 4 is 36.0 Å². The lowest BCUT2D eigenvalue weighted by Crippen LogP contribution is -2.53. The molecule has 0 bridgehead atoms. The van der Waals surface area contributed by atoms with E-state index in [-0.39, 0.29) is 36.1 Å². The number of carbonyl (C=O) groups is 1. The highest BCUT2D eigenvalue weighted by atomic mass is 127. The number of guanidine groups is 1. The Morgan fingerprint density at radius 1 is 1.34 bits per heavy atom. The minimum Gasteiger partial charge on any atom is -0.444 e. The molecular weight excluding hydrogens is 483 g/mol. The van der Waals surface area contributed by atoms with Crippen molar-refractivity contribution in [3.8, 4) is 0 Å². The predicted octanol–water partition coefficient (Wildman–Crippen LogP) is 3.11. The zero-order valence-electron chi connectivity index (χ0n) is 18.8. The summed E-state index contributed by atoms with van der Waals surface area (Å²) in [6.45, 7) is 14.5. The summed E-state index contributed by atoms with van der Waals surface area (Å²) < 4.78 is 7.41. The number of piperidine rings is 1. The summed E-state index contributed by atoms with van der Waals surface area (Å²) in [5.41, 5.74) is 2.81. The lowest BCUT2D eigenvalue weighted by molar-refractivity contribution is 0.0193. The van der Waals surface area contributed by atoms with Crippen LogP contribution in [0.15, 0.2) is 4.99 Å². The fourth-order valence-electron chi connectivity index (χ4n) is 3.31. The van der Waals surface area contributed by atoms with Gasteiger partial charge in [0, 0.05) is 44.0 Å². The van der Waals surface area contributed by atoms with Crippen molar-refractivity contribution < 1.29 is 9.53 Å². The fourth-order valence-corrected chi connectivity index (χ4v) is 3.31. The Balaban J connectivity index is 0.00000420. The molecule has 1 aromatic rings. The van der Waals surface area contributed by atoms with Gasteiger partial charge < -0.3 is 20.3 Å². The minimum absolute atomic E-state index is 0. The van der Waals surface area contributed by atoms with Crippen molar-refractivity contribution in [2.45, 2.75) is 72.6 Å². The van der Waals surface area contributed by atoms with Gasteiger partial charge in [0.15, 0.2) is 5.96 Å². The largest absolute Gasteiger partial charge is 0.444 e. The van der Waals surface area contributed by atoms with E-state index in [1.54, 1.807) is 4.90 Å². The van der Waals surface area contributed by atoms with Gasteiger partial charge in [-0.05, 0) is 54.4 Å². The average molecular weight is 520 g/mol. The molecule has 1 aromatic heterocycles. The summed E-state index contributed by atoms with van der Waals surface area (Å²) in [7, 11) is 1.95. The molecule has 0 aromatic carbocycles. The van der Waals surface area contributed by atoms with E-state index >= 15 is 0 Å². The highest BCUT2D eigenvalue weighted by Crippen LogP contribution is 2.16. The van der Waals surface area contributed by atoms with Crippen LogP contribution in [0.1, 0.15) is 57.5 Å². The Kier molecular flexibility index (Phi) is 9.70. The quantitative estimate of drug-likeness (QED) is 0.362. The average Bonchev–Trinajstić information content (AvgIpc) is 2.84. The minimum atomic E-state index is -0.479. The van der Waals surface area contributed by atoms with Crippen LogP contribution in [-0.2, 0) is 18.3 Å². The molecule has 1 saturated heterocycles. The van der Waals surface area contributed by atoms with Gasteiger partial charge in [0.05, 0.1) is 12.2 Å². The molecule has 8 nitrogen and oxygen atoms in total. The van der Waals surface area contributed by atoms with E-state index in [4.69, 9.17) is 9.73 Å². The first-order chi connectivity index (χ1) is 13.1. The van der Waals surface area contributed by atoms with Gasteiger partial charge >= 0.3 is 6.09 Å². The molecule has 2 heterocycles. The van der Waals surface area contributed by atoms with E-state index in [0.29, 0.717) is 13.1 Å². The number of ether oxygens (including phenoxy) is 1. The number of aromatic nitrogens is 2. The molecule has 29 heavy (non-hydrogen) atoms. The molecule has 1 unspecified atom stereocenters. The van der Waals surface area contributed by atoms with Crippen LogP contribution in [-0.4, -0.2) is 58.0 Å². The summed E-state index contributed by atoms with van der Waals surface area (Å²) in [4.78, 5) is 18.9. The van der Waals surface area contributed by atoms with E-state index in [1.165, 1.54) is 0 Å². The number of rotatable bonds is 4. The van der Waals surface area contributed by atoms with E-state index in [1.807, 2.05) is 46.3 Å². The topological polar surface area (TPSA) is 83.8 Å². The molecule has 1 amide bonds. The third kappa shape index (κ3) is 7.67. The van der Waals surface area contributed by atoms with Crippen molar-refractivity contribution in [2.75, 3.05) is 19.6 Å². The molecule has 2 N–H and O–H groups in total. The normalized spacial score (nSPS) is 17.6. The Morgan fingerprint density at radius 2 is 2.03 bits per heavy atom. The highest BCUT2D eigenvalue weighted by molar-refractivity contribution is 14.0. The third-order valence-electron chi connectivity index (χ3n) is 4.81. The zero-order chi connectivity index (χ0) is 20.9. The van der Waals surface area contributed by atoms with Crippen LogP contribution in [0.25, 0.3) is 0 Å². The van der Waals surface area contributed by atoms with Gasteiger partial charge in [-0.2, -0.15) is 5.10 Å². The number of likely N-dealkylation sites (tertiary alicyclic amines) is 1. The lowest BCUT2D eigenvalue weighted by atomic mass is 10.1. The molecule has 166 valence electrons. The predicted molar refractivity (Wildman–Crippen MR) is 127 cm³/mol. The first-order valence-electron chi connectivity index (χ1n) is 10.1. The number of aryl methyl sites for hydroxylation is 2. The van der Waals surface area contributed by atoms with Crippen LogP contribution in [0, 0.1) is 13.8 Å². The van der Waals surface area contributed by atoms with Gasteiger partial charge in [0.25, 0.3) is 0 Å². The first kappa shape index (κ1) is 25.5. The van der Waals surface area contributed by atoms with E-state index < -0.39 is 5.60 Å². The van der Waals surface area contributed by atoms with Crippen molar-refractivity contribution in [2.24, 2.45) is 12.0 Å². The maximum absolute atomic E-state index is 12.4. The molecule has 0 spiro atoms. The monoisotopic (exact) mass is 520 g/mol. The van der Waals surface area contributed by atoms with Crippen molar-refractivity contribution in [1.82, 2.24) is 25.3 Å². The van der Waals surface area contributed by atoms with Crippen LogP contribution in [0.5, 0.6) is 0 Å². The number of nitrogens with one attached hydrogen (secondary N) is 2. The number of hydrogen-bond acceptors (Lipinski definition) is 4. The number of halogens is 1. The number of amides is 1. The van der Waals surface area contributed by atoms with Crippen LogP contribution >= 0.6 is 24.0 Å². The zero-order valence-corrected chi connectivity index (χ0v) is 21.2. The second-order valence-electron chi connectivity index (χ2n) is 8.38. The molecule has 2 rings (SSSR count). The summed E-state index contributed by atoms with van der Waals surface area (Å²) in [6.07, 6.45) is 1.69. The molecule has 1 aliphatic heterocycles. The molecule has 1 fully saturated rings. The Bertz CT molecular complexity index is 711. The number of nitrogens with zero attached hydrogens (tertiary/aromatic N) is 4. The second kappa shape index (κ2) is 11.0. The number of carbonyl (C=O) groups excluding carboxylic acids is 1. The Hall–Kier alpha value is -1.52. The highest BCUT2D eigenvalue weighted by Gasteiger charge is 2.28. The third-order valence-corrected chi connectivity index (χ3v) is 4.81.